The zero-order valence-corrected chi connectivity index (χ0v) is 8.64. The summed E-state index contributed by atoms with van der Waals surface area (Å²) in [6, 6.07) is 0. The Balaban J connectivity index is 2.89. The van der Waals surface area contributed by atoms with E-state index >= 15 is 0 Å². The van der Waals surface area contributed by atoms with Gasteiger partial charge in [0.15, 0.2) is 0 Å². The fraction of sp³-hybridized carbons (Fsp3) is 1.00. The number of aliphatic hydroxyl groups excluding tert-OH is 1. The smallest absolute Gasteiger partial charge is 0.0870 e. The van der Waals surface area contributed by atoms with Gasteiger partial charge in [0.05, 0.1) is 12.7 Å². The molecule has 0 aromatic carbocycles. The Bertz CT molecular complexity index is 78.5. The zero-order chi connectivity index (χ0) is 8.53. The lowest BCUT2D eigenvalue weighted by molar-refractivity contribution is 0.0475. The van der Waals surface area contributed by atoms with Crippen LogP contribution in [0.5, 0.6) is 0 Å². The number of alkyl halides is 1. The molecule has 0 aromatic heterocycles. The van der Waals surface area contributed by atoms with Crippen LogP contribution in [0.25, 0.3) is 0 Å². The molecule has 0 aliphatic rings. The second-order valence-electron chi connectivity index (χ2n) is 2.59. The second kappa shape index (κ2) is 8.50. The van der Waals surface area contributed by atoms with Crippen LogP contribution in [-0.4, -0.2) is 29.8 Å². The van der Waals surface area contributed by atoms with E-state index in [9.17, 15) is 0 Å². The molecule has 11 heavy (non-hydrogen) atoms. The van der Waals surface area contributed by atoms with Crippen molar-refractivity contribution in [3.8, 4) is 0 Å². The Labute approximate surface area is 77.1 Å². The van der Waals surface area contributed by atoms with Crippen molar-refractivity contribution in [2.75, 3.05) is 18.5 Å². The zero-order valence-electron chi connectivity index (χ0n) is 7.05. The van der Waals surface area contributed by atoms with Crippen molar-refractivity contribution in [2.24, 2.45) is 0 Å². The number of halogens is 1. The van der Waals surface area contributed by atoms with Crippen LogP contribution in [0.4, 0.5) is 0 Å². The van der Waals surface area contributed by atoms with E-state index in [2.05, 4.69) is 22.9 Å². The van der Waals surface area contributed by atoms with Crippen molar-refractivity contribution in [1.82, 2.24) is 0 Å². The van der Waals surface area contributed by atoms with Gasteiger partial charge in [-0.1, -0.05) is 35.7 Å². The lowest BCUT2D eigenvalue weighted by Crippen LogP contribution is -2.16. The molecule has 1 N–H and O–H groups in total. The predicted octanol–water partition coefficient (Wildman–Crippen LogP) is 1.95. The van der Waals surface area contributed by atoms with Crippen LogP contribution in [-0.2, 0) is 4.74 Å². The SMILES string of the molecule is CCCCCOCC(O)CBr. The summed E-state index contributed by atoms with van der Waals surface area (Å²) in [4.78, 5) is 0. The summed E-state index contributed by atoms with van der Waals surface area (Å²) in [5.41, 5.74) is 0. The first kappa shape index (κ1) is 11.4. The van der Waals surface area contributed by atoms with Gasteiger partial charge in [0.2, 0.25) is 0 Å². The highest BCUT2D eigenvalue weighted by Gasteiger charge is 1.99. The van der Waals surface area contributed by atoms with E-state index in [1.54, 1.807) is 0 Å². The fourth-order valence-corrected chi connectivity index (χ4v) is 0.905. The number of hydrogen-bond donors (Lipinski definition) is 1. The summed E-state index contributed by atoms with van der Waals surface area (Å²) in [5.74, 6) is 0. The summed E-state index contributed by atoms with van der Waals surface area (Å²) >= 11 is 3.17. The highest BCUT2D eigenvalue weighted by molar-refractivity contribution is 9.09. The molecule has 0 saturated carbocycles. The summed E-state index contributed by atoms with van der Waals surface area (Å²) < 4.78 is 5.21. The monoisotopic (exact) mass is 224 g/mol. The van der Waals surface area contributed by atoms with Crippen LogP contribution in [0.15, 0.2) is 0 Å². The molecule has 0 rings (SSSR count). The topological polar surface area (TPSA) is 29.5 Å². The third-order valence-corrected chi connectivity index (χ3v) is 2.13. The number of ether oxygens (including phenoxy) is 1. The van der Waals surface area contributed by atoms with Crippen LogP contribution < -0.4 is 0 Å². The molecule has 0 aromatic rings. The molecule has 0 bridgehead atoms. The summed E-state index contributed by atoms with van der Waals surface area (Å²) in [6.45, 7) is 3.39. The average Bonchev–Trinajstić information content (AvgIpc) is 2.04. The van der Waals surface area contributed by atoms with E-state index in [0.717, 1.165) is 13.0 Å². The molecule has 2 nitrogen and oxygen atoms in total. The minimum Gasteiger partial charge on any atom is -0.390 e. The van der Waals surface area contributed by atoms with Gasteiger partial charge in [0, 0.05) is 11.9 Å². The van der Waals surface area contributed by atoms with Crippen LogP contribution >= 0.6 is 15.9 Å². The van der Waals surface area contributed by atoms with Gasteiger partial charge < -0.3 is 9.84 Å². The second-order valence-corrected chi connectivity index (χ2v) is 3.24. The highest BCUT2D eigenvalue weighted by atomic mass is 79.9. The number of hydrogen-bond acceptors (Lipinski definition) is 2. The van der Waals surface area contributed by atoms with E-state index in [1.807, 2.05) is 0 Å². The molecule has 0 fully saturated rings. The molecule has 68 valence electrons. The van der Waals surface area contributed by atoms with E-state index in [0.29, 0.717) is 11.9 Å². The summed E-state index contributed by atoms with van der Waals surface area (Å²) in [6.07, 6.45) is 3.18. The van der Waals surface area contributed by atoms with Gasteiger partial charge in [0.25, 0.3) is 0 Å². The minimum atomic E-state index is -0.350. The fourth-order valence-electron chi connectivity index (χ4n) is 0.718. The molecule has 1 atom stereocenters. The van der Waals surface area contributed by atoms with Crippen LogP contribution in [0.1, 0.15) is 26.2 Å². The first-order valence-corrected chi connectivity index (χ1v) is 5.25. The van der Waals surface area contributed by atoms with Gasteiger partial charge in [0.1, 0.15) is 0 Å². The third-order valence-electron chi connectivity index (χ3n) is 1.38. The van der Waals surface area contributed by atoms with Crippen molar-refractivity contribution < 1.29 is 9.84 Å². The van der Waals surface area contributed by atoms with Crippen LogP contribution in [0, 0.1) is 0 Å². The standard InChI is InChI=1S/C8H17BrO2/c1-2-3-4-5-11-7-8(10)6-9/h8,10H,2-7H2,1H3. The van der Waals surface area contributed by atoms with Gasteiger partial charge >= 0.3 is 0 Å². The normalized spacial score (nSPS) is 13.4. The lowest BCUT2D eigenvalue weighted by atomic mass is 10.3. The first-order chi connectivity index (χ1) is 5.31. The first-order valence-electron chi connectivity index (χ1n) is 4.13. The number of aliphatic hydroxyl groups is 1. The largest absolute Gasteiger partial charge is 0.390 e. The molecule has 0 heterocycles. The number of unbranched alkanes of at least 4 members (excludes halogenated alkanes) is 2. The average molecular weight is 225 g/mol. The van der Waals surface area contributed by atoms with Gasteiger partial charge in [-0.2, -0.15) is 0 Å². The van der Waals surface area contributed by atoms with Gasteiger partial charge in [-0.25, -0.2) is 0 Å². The van der Waals surface area contributed by atoms with Crippen LogP contribution in [0.2, 0.25) is 0 Å². The Morgan fingerprint density at radius 3 is 2.73 bits per heavy atom. The van der Waals surface area contributed by atoms with Gasteiger partial charge in [-0.3, -0.25) is 0 Å². The Kier molecular flexibility index (Phi) is 8.81. The molecular weight excluding hydrogens is 208 g/mol. The predicted molar refractivity (Wildman–Crippen MR) is 50.1 cm³/mol. The Morgan fingerprint density at radius 1 is 1.45 bits per heavy atom. The van der Waals surface area contributed by atoms with Gasteiger partial charge in [-0.15, -0.1) is 0 Å². The van der Waals surface area contributed by atoms with Crippen molar-refractivity contribution in [2.45, 2.75) is 32.3 Å². The maximum Gasteiger partial charge on any atom is 0.0870 e. The molecule has 0 aliphatic heterocycles. The van der Waals surface area contributed by atoms with E-state index in [-0.39, 0.29) is 6.10 Å². The summed E-state index contributed by atoms with van der Waals surface area (Å²) in [5, 5.41) is 9.64. The maximum atomic E-state index is 9.04. The van der Waals surface area contributed by atoms with Crippen molar-refractivity contribution >= 4 is 15.9 Å². The van der Waals surface area contributed by atoms with E-state index in [1.165, 1.54) is 12.8 Å². The van der Waals surface area contributed by atoms with Crippen LogP contribution in [0.3, 0.4) is 0 Å². The maximum absolute atomic E-state index is 9.04. The van der Waals surface area contributed by atoms with E-state index in [4.69, 9.17) is 9.84 Å². The number of rotatable bonds is 7. The molecule has 0 amide bonds. The Hall–Kier alpha value is 0.400. The van der Waals surface area contributed by atoms with Gasteiger partial charge in [-0.05, 0) is 6.42 Å². The minimum absolute atomic E-state index is 0.350. The molecule has 0 aliphatic carbocycles. The summed E-state index contributed by atoms with van der Waals surface area (Å²) in [7, 11) is 0. The lowest BCUT2D eigenvalue weighted by Gasteiger charge is -2.06. The Morgan fingerprint density at radius 2 is 2.18 bits per heavy atom. The van der Waals surface area contributed by atoms with E-state index < -0.39 is 0 Å². The molecule has 0 spiro atoms. The molecular formula is C8H17BrO2. The molecule has 3 heteroatoms. The molecule has 0 saturated heterocycles. The van der Waals surface area contributed by atoms with Crippen molar-refractivity contribution in [3.05, 3.63) is 0 Å². The highest BCUT2D eigenvalue weighted by Crippen LogP contribution is 1.96. The molecule has 1 unspecified atom stereocenters. The van der Waals surface area contributed by atoms with Crippen molar-refractivity contribution in [1.29, 1.82) is 0 Å². The quantitative estimate of drug-likeness (QED) is 0.530. The third kappa shape index (κ3) is 8.30. The van der Waals surface area contributed by atoms with Crippen molar-refractivity contribution in [3.63, 3.8) is 0 Å². The molecule has 0 radical (unpaired) electrons.